The molecular weight excluding hydrogens is 571 g/mol. The fourth-order valence-electron chi connectivity index (χ4n) is 5.49. The Morgan fingerprint density at radius 3 is 2.50 bits per heavy atom. The number of nitrogens with zero attached hydrogens (tertiary/aromatic N) is 1. The number of halogens is 2. The topological polar surface area (TPSA) is 111 Å². The van der Waals surface area contributed by atoms with Crippen molar-refractivity contribution in [3.63, 3.8) is 0 Å². The lowest BCUT2D eigenvalue weighted by atomic mass is 10.0. The number of fused-ring (bicyclic) bond motifs is 1. The van der Waals surface area contributed by atoms with Crippen LogP contribution in [0.3, 0.4) is 0 Å². The molecule has 40 heavy (non-hydrogen) atoms. The van der Waals surface area contributed by atoms with Crippen molar-refractivity contribution in [1.29, 1.82) is 0 Å². The minimum atomic E-state index is -3.80. The number of anilines is 1. The van der Waals surface area contributed by atoms with Gasteiger partial charge in [-0.3, -0.25) is 9.59 Å². The van der Waals surface area contributed by atoms with E-state index in [4.69, 9.17) is 23.2 Å². The molecular formula is C29H30Cl2N4O4S. The van der Waals surface area contributed by atoms with Crippen LogP contribution in [0.25, 0.3) is 11.6 Å². The number of amides is 2. The molecule has 1 saturated heterocycles. The Hall–Kier alpha value is -3.11. The minimum absolute atomic E-state index is 0.0552. The maximum absolute atomic E-state index is 13.5. The molecule has 2 aromatic carbocycles. The SMILES string of the molecule is Cc1[nH]c(/C=C2\C(=O)Nc3ccc(S(=O)(=O)Cc4cccc(Cl)c4Cl)cc32)c(C)c1C(=O)N1C[C@@H](C)N[C@@H](C)C1. The zero-order valence-corrected chi connectivity index (χ0v) is 24.9. The van der Waals surface area contributed by atoms with Crippen LogP contribution in [0.15, 0.2) is 41.3 Å². The molecule has 3 aromatic rings. The predicted octanol–water partition coefficient (Wildman–Crippen LogP) is 5.23. The number of hydrogen-bond donors (Lipinski definition) is 3. The van der Waals surface area contributed by atoms with Crippen LogP contribution in [0, 0.1) is 13.8 Å². The van der Waals surface area contributed by atoms with E-state index in [1.807, 2.05) is 18.7 Å². The number of aromatic nitrogens is 1. The van der Waals surface area contributed by atoms with Gasteiger partial charge < -0.3 is 20.5 Å². The number of piperazine rings is 1. The van der Waals surface area contributed by atoms with E-state index in [1.54, 1.807) is 30.3 Å². The monoisotopic (exact) mass is 600 g/mol. The van der Waals surface area contributed by atoms with Crippen molar-refractivity contribution in [2.45, 2.75) is 50.4 Å². The Morgan fingerprint density at radius 1 is 1.10 bits per heavy atom. The second-order valence-corrected chi connectivity index (χ2v) is 13.3. The molecule has 5 rings (SSSR count). The Bertz CT molecular complexity index is 1670. The van der Waals surface area contributed by atoms with Crippen LogP contribution in [0.4, 0.5) is 5.69 Å². The lowest BCUT2D eigenvalue weighted by molar-refractivity contribution is -0.110. The summed E-state index contributed by atoms with van der Waals surface area (Å²) in [7, 11) is -3.80. The van der Waals surface area contributed by atoms with E-state index in [2.05, 4.69) is 29.5 Å². The molecule has 1 fully saturated rings. The first-order valence-corrected chi connectivity index (χ1v) is 15.3. The van der Waals surface area contributed by atoms with Crippen molar-refractivity contribution in [3.05, 3.63) is 80.1 Å². The summed E-state index contributed by atoms with van der Waals surface area (Å²) in [6.45, 7) is 9.01. The van der Waals surface area contributed by atoms with E-state index in [9.17, 15) is 18.0 Å². The third-order valence-electron chi connectivity index (χ3n) is 7.33. The van der Waals surface area contributed by atoms with Crippen molar-refractivity contribution in [2.24, 2.45) is 0 Å². The molecule has 0 bridgehead atoms. The van der Waals surface area contributed by atoms with Crippen LogP contribution in [0.5, 0.6) is 0 Å². The Kier molecular flexibility index (Phi) is 7.60. The maximum Gasteiger partial charge on any atom is 0.256 e. The lowest BCUT2D eigenvalue weighted by Crippen LogP contribution is -2.55. The summed E-state index contributed by atoms with van der Waals surface area (Å²) in [4.78, 5) is 31.6. The molecule has 0 radical (unpaired) electrons. The molecule has 2 aliphatic rings. The number of rotatable bonds is 5. The quantitative estimate of drug-likeness (QED) is 0.347. The predicted molar refractivity (Wildman–Crippen MR) is 159 cm³/mol. The molecule has 1 aromatic heterocycles. The summed E-state index contributed by atoms with van der Waals surface area (Å²) in [5, 5.41) is 6.71. The fraction of sp³-hybridized carbons (Fsp3) is 0.310. The number of aryl methyl sites for hydroxylation is 1. The number of carbonyl (C=O) groups is 2. The van der Waals surface area contributed by atoms with Crippen molar-refractivity contribution in [1.82, 2.24) is 15.2 Å². The largest absolute Gasteiger partial charge is 0.358 e. The van der Waals surface area contributed by atoms with Crippen molar-refractivity contribution < 1.29 is 18.0 Å². The van der Waals surface area contributed by atoms with Crippen LogP contribution in [0.2, 0.25) is 10.0 Å². The lowest BCUT2D eigenvalue weighted by Gasteiger charge is -2.36. The molecule has 0 aliphatic carbocycles. The summed E-state index contributed by atoms with van der Waals surface area (Å²) in [5.74, 6) is -0.748. The molecule has 0 saturated carbocycles. The number of sulfone groups is 1. The first kappa shape index (κ1) is 28.4. The highest BCUT2D eigenvalue weighted by molar-refractivity contribution is 7.90. The summed E-state index contributed by atoms with van der Waals surface area (Å²) < 4.78 is 26.6. The zero-order valence-electron chi connectivity index (χ0n) is 22.6. The second-order valence-electron chi connectivity index (χ2n) is 10.5. The van der Waals surface area contributed by atoms with E-state index in [-0.39, 0.29) is 44.6 Å². The molecule has 210 valence electrons. The molecule has 2 atom stereocenters. The number of benzene rings is 2. The highest BCUT2D eigenvalue weighted by atomic mass is 35.5. The highest BCUT2D eigenvalue weighted by Crippen LogP contribution is 2.37. The van der Waals surface area contributed by atoms with Gasteiger partial charge in [-0.15, -0.1) is 0 Å². The molecule has 3 heterocycles. The average molecular weight is 602 g/mol. The van der Waals surface area contributed by atoms with Gasteiger partial charge in [-0.1, -0.05) is 35.3 Å². The van der Waals surface area contributed by atoms with Crippen molar-refractivity contribution in [2.75, 3.05) is 18.4 Å². The van der Waals surface area contributed by atoms with E-state index in [0.717, 1.165) is 5.56 Å². The summed E-state index contributed by atoms with van der Waals surface area (Å²) in [5.41, 5.74) is 4.32. The van der Waals surface area contributed by atoms with Gasteiger partial charge in [0.1, 0.15) is 0 Å². The molecule has 3 N–H and O–H groups in total. The summed E-state index contributed by atoms with van der Waals surface area (Å²) in [6.07, 6.45) is 1.67. The van der Waals surface area contributed by atoms with Gasteiger partial charge in [0.15, 0.2) is 9.84 Å². The van der Waals surface area contributed by atoms with Crippen LogP contribution in [-0.4, -0.2) is 55.3 Å². The summed E-state index contributed by atoms with van der Waals surface area (Å²) in [6, 6.07) is 9.77. The molecule has 2 amide bonds. The standard InChI is InChI=1S/C29H30Cl2N4O4S/c1-15-12-35(13-16(2)32-15)29(37)26-17(3)25(33-18(26)4)11-22-21-10-20(8-9-24(21)34-28(22)36)40(38,39)14-19-6-5-7-23(30)27(19)31/h5-11,15-16,32-33H,12-14H2,1-4H3,(H,34,36)/b22-11-/t15-,16+. The van der Waals surface area contributed by atoms with Gasteiger partial charge >= 0.3 is 0 Å². The first-order chi connectivity index (χ1) is 18.9. The Labute approximate surface area is 243 Å². The van der Waals surface area contributed by atoms with Gasteiger partial charge in [-0.05, 0) is 69.2 Å². The average Bonchev–Trinajstić information content (AvgIpc) is 3.34. The van der Waals surface area contributed by atoms with Crippen LogP contribution in [0.1, 0.15) is 52.3 Å². The molecule has 0 spiro atoms. The number of aromatic amines is 1. The molecule has 2 aliphatic heterocycles. The maximum atomic E-state index is 13.5. The van der Waals surface area contributed by atoms with Crippen molar-refractivity contribution >= 4 is 62.2 Å². The van der Waals surface area contributed by atoms with Gasteiger partial charge in [0.2, 0.25) is 0 Å². The second kappa shape index (κ2) is 10.7. The number of nitrogens with one attached hydrogen (secondary N) is 3. The minimum Gasteiger partial charge on any atom is -0.358 e. The van der Waals surface area contributed by atoms with Crippen LogP contribution in [-0.2, 0) is 20.4 Å². The summed E-state index contributed by atoms with van der Waals surface area (Å²) >= 11 is 12.3. The van der Waals surface area contributed by atoms with E-state index in [1.165, 1.54) is 12.1 Å². The molecule has 8 nitrogen and oxygen atoms in total. The van der Waals surface area contributed by atoms with E-state index < -0.39 is 9.84 Å². The number of carbonyl (C=O) groups excluding carboxylic acids is 2. The fourth-order valence-corrected chi connectivity index (χ4v) is 7.34. The Morgan fingerprint density at radius 2 is 1.80 bits per heavy atom. The number of hydrogen-bond acceptors (Lipinski definition) is 5. The van der Waals surface area contributed by atoms with E-state index >= 15 is 0 Å². The molecule has 11 heteroatoms. The van der Waals surface area contributed by atoms with Crippen LogP contribution < -0.4 is 10.6 Å². The number of H-pyrrole nitrogens is 1. The third-order valence-corrected chi connectivity index (χ3v) is 9.85. The van der Waals surface area contributed by atoms with Gasteiger partial charge in [0, 0.05) is 47.8 Å². The normalized spacial score (nSPS) is 20.1. The van der Waals surface area contributed by atoms with Gasteiger partial charge in [0.25, 0.3) is 11.8 Å². The first-order valence-electron chi connectivity index (χ1n) is 12.9. The smallest absolute Gasteiger partial charge is 0.256 e. The Balaban J connectivity index is 1.48. The van der Waals surface area contributed by atoms with Gasteiger partial charge in [-0.2, -0.15) is 0 Å². The van der Waals surface area contributed by atoms with Crippen molar-refractivity contribution in [3.8, 4) is 0 Å². The highest BCUT2D eigenvalue weighted by Gasteiger charge is 2.31. The molecule has 0 unspecified atom stereocenters. The van der Waals surface area contributed by atoms with E-state index in [0.29, 0.717) is 52.4 Å². The van der Waals surface area contributed by atoms with Gasteiger partial charge in [-0.25, -0.2) is 8.42 Å². The zero-order chi connectivity index (χ0) is 28.9. The third kappa shape index (κ3) is 5.31. The van der Waals surface area contributed by atoms with Crippen LogP contribution >= 0.6 is 23.2 Å². The van der Waals surface area contributed by atoms with Gasteiger partial charge in [0.05, 0.1) is 31.8 Å².